The van der Waals surface area contributed by atoms with Gasteiger partial charge in [-0.3, -0.25) is 0 Å². The maximum absolute atomic E-state index is 12.7. The van der Waals surface area contributed by atoms with Gasteiger partial charge in [-0.25, -0.2) is 0 Å². The average molecular weight is 305 g/mol. The molecule has 0 radical (unpaired) electrons. The summed E-state index contributed by atoms with van der Waals surface area (Å²) >= 11 is 0. The third kappa shape index (κ3) is 3.73. The molecule has 4 N–H and O–H groups in total. The van der Waals surface area contributed by atoms with Crippen molar-refractivity contribution in [2.75, 3.05) is 26.2 Å². The fraction of sp³-hybridized carbons (Fsp3) is 1.00. The summed E-state index contributed by atoms with van der Waals surface area (Å²) in [4.78, 5) is 0. The number of rotatable bonds is 4. The molecule has 5 unspecified atom stereocenters. The van der Waals surface area contributed by atoms with Crippen LogP contribution in [0.3, 0.4) is 0 Å². The van der Waals surface area contributed by atoms with Gasteiger partial charge in [-0.1, -0.05) is 13.8 Å². The Balaban J connectivity index is 2.00. The molecule has 2 saturated heterocycles. The molecule has 0 saturated carbocycles. The number of aliphatic hydroxyl groups excluding tert-OH is 3. The van der Waals surface area contributed by atoms with Crippen LogP contribution in [0.15, 0.2) is 0 Å². The van der Waals surface area contributed by atoms with Gasteiger partial charge in [-0.05, 0) is 12.3 Å². The molecule has 2 aliphatic heterocycles. The van der Waals surface area contributed by atoms with Gasteiger partial charge in [0, 0.05) is 12.3 Å². The lowest BCUT2D eigenvalue weighted by atomic mass is 9.95. The molecule has 0 aromatic rings. The fourth-order valence-electron chi connectivity index (χ4n) is 3.52. The van der Waals surface area contributed by atoms with Crippen molar-refractivity contribution in [3.63, 3.8) is 0 Å². The first-order valence-electron chi connectivity index (χ1n) is 7.63. The molecule has 0 bridgehead atoms. The second-order valence-electron chi connectivity index (χ2n) is 7.07. The molecular formula is C14H27NO6. The van der Waals surface area contributed by atoms with Gasteiger partial charge >= 0.3 is 0 Å². The maximum Gasteiger partial charge on any atom is 0.246 e. The molecule has 21 heavy (non-hydrogen) atoms. The van der Waals surface area contributed by atoms with Crippen molar-refractivity contribution < 1.29 is 29.8 Å². The van der Waals surface area contributed by atoms with E-state index in [9.17, 15) is 25.6 Å². The van der Waals surface area contributed by atoms with Crippen LogP contribution in [0.1, 0.15) is 26.7 Å². The highest BCUT2D eigenvalue weighted by Crippen LogP contribution is 2.33. The second-order valence-corrected chi connectivity index (χ2v) is 7.07. The van der Waals surface area contributed by atoms with Gasteiger partial charge in [-0.2, -0.15) is 0 Å². The van der Waals surface area contributed by atoms with Gasteiger partial charge in [0.1, 0.15) is 24.9 Å². The van der Waals surface area contributed by atoms with Gasteiger partial charge in [0.25, 0.3) is 0 Å². The van der Waals surface area contributed by atoms with E-state index in [1.165, 1.54) is 0 Å². The molecule has 7 nitrogen and oxygen atoms in total. The molecule has 6 atom stereocenters. The number of likely N-dealkylation sites (tertiary alicyclic amines) is 1. The Morgan fingerprint density at radius 2 is 2.00 bits per heavy atom. The number of hydrogen-bond donors (Lipinski definition) is 4. The molecule has 0 aromatic carbocycles. The standard InChI is InChI=1S/C14H27NO6/c1-9(2)5-10-3-4-15(20,6-10)8-14(19)13(18)12(17)11(16)7-21-14/h9-13,16-19H,3-8H2,1-2H3/t10?,11?,12?,13?,14-,15?/m0/s1. The SMILES string of the molecule is CC(C)CC1CC[N+]([O-])(C[C@]2(O)OCC(O)C(O)C2O)C1. The molecule has 2 fully saturated rings. The number of quaternary nitrogens is 1. The van der Waals surface area contributed by atoms with E-state index in [-0.39, 0.29) is 13.2 Å². The molecule has 0 aliphatic carbocycles. The predicted molar refractivity (Wildman–Crippen MR) is 74.7 cm³/mol. The summed E-state index contributed by atoms with van der Waals surface area (Å²) in [5, 5.41) is 52.1. The molecule has 2 rings (SSSR count). The summed E-state index contributed by atoms with van der Waals surface area (Å²) in [5.41, 5.74) is 0. The maximum atomic E-state index is 12.7. The van der Waals surface area contributed by atoms with Crippen LogP contribution in [0, 0.1) is 17.0 Å². The molecule has 2 heterocycles. The van der Waals surface area contributed by atoms with Gasteiger partial charge in [0.15, 0.2) is 0 Å². The van der Waals surface area contributed by atoms with Crippen LogP contribution in [0.4, 0.5) is 0 Å². The summed E-state index contributed by atoms with van der Waals surface area (Å²) in [6.07, 6.45) is -2.70. The van der Waals surface area contributed by atoms with Crippen LogP contribution in [-0.2, 0) is 4.74 Å². The smallest absolute Gasteiger partial charge is 0.246 e. The zero-order chi connectivity index (χ0) is 15.8. The summed E-state index contributed by atoms with van der Waals surface area (Å²) < 4.78 is 4.45. The van der Waals surface area contributed by atoms with Crippen molar-refractivity contribution in [3.8, 4) is 0 Å². The first kappa shape index (κ1) is 17.1. The van der Waals surface area contributed by atoms with Crippen molar-refractivity contribution in [2.45, 2.75) is 50.8 Å². The molecule has 2 aliphatic rings. The predicted octanol–water partition coefficient (Wildman–Crippen LogP) is -0.831. The number of ether oxygens (including phenoxy) is 1. The van der Waals surface area contributed by atoms with Crippen LogP contribution in [-0.4, -0.2) is 75.4 Å². The van der Waals surface area contributed by atoms with E-state index in [0.29, 0.717) is 24.9 Å². The second kappa shape index (κ2) is 6.08. The molecular weight excluding hydrogens is 278 g/mol. The molecule has 124 valence electrons. The zero-order valence-corrected chi connectivity index (χ0v) is 12.7. The Hall–Kier alpha value is -0.280. The zero-order valence-electron chi connectivity index (χ0n) is 12.7. The quantitative estimate of drug-likeness (QED) is 0.398. The first-order valence-corrected chi connectivity index (χ1v) is 7.63. The molecule has 7 heteroatoms. The third-order valence-electron chi connectivity index (χ3n) is 4.54. The van der Waals surface area contributed by atoms with Gasteiger partial charge in [-0.15, -0.1) is 0 Å². The van der Waals surface area contributed by atoms with Crippen LogP contribution in [0.25, 0.3) is 0 Å². The Morgan fingerprint density at radius 1 is 1.33 bits per heavy atom. The highest BCUT2D eigenvalue weighted by molar-refractivity contribution is 4.92. The number of hydrogen-bond acceptors (Lipinski definition) is 6. The van der Waals surface area contributed by atoms with Crippen molar-refractivity contribution in [1.29, 1.82) is 0 Å². The summed E-state index contributed by atoms with van der Waals surface area (Å²) in [6.45, 7) is 4.34. The first-order chi connectivity index (χ1) is 9.65. The Morgan fingerprint density at radius 3 is 2.62 bits per heavy atom. The minimum Gasteiger partial charge on any atom is -0.633 e. The molecule has 0 spiro atoms. The average Bonchev–Trinajstić information content (AvgIpc) is 2.72. The van der Waals surface area contributed by atoms with Crippen molar-refractivity contribution in [2.24, 2.45) is 11.8 Å². The van der Waals surface area contributed by atoms with Crippen LogP contribution in [0.5, 0.6) is 0 Å². The molecule has 0 amide bonds. The number of hydroxylamine groups is 3. The van der Waals surface area contributed by atoms with Gasteiger partial charge < -0.3 is 35.0 Å². The summed E-state index contributed by atoms with van der Waals surface area (Å²) in [6, 6.07) is 0. The van der Waals surface area contributed by atoms with E-state index in [2.05, 4.69) is 13.8 Å². The normalized spacial score (nSPS) is 48.0. The Kier molecular flexibility index (Phi) is 4.94. The van der Waals surface area contributed by atoms with E-state index >= 15 is 0 Å². The van der Waals surface area contributed by atoms with Crippen LogP contribution < -0.4 is 0 Å². The van der Waals surface area contributed by atoms with E-state index < -0.39 is 28.7 Å². The highest BCUT2D eigenvalue weighted by Gasteiger charge is 2.53. The fourth-order valence-corrected chi connectivity index (χ4v) is 3.52. The molecule has 0 aromatic heterocycles. The Labute approximate surface area is 124 Å². The monoisotopic (exact) mass is 305 g/mol. The van der Waals surface area contributed by atoms with E-state index in [1.54, 1.807) is 0 Å². The Bertz CT molecular complexity index is 367. The minimum absolute atomic E-state index is 0.301. The number of aliphatic hydroxyl groups is 4. The van der Waals surface area contributed by atoms with Crippen molar-refractivity contribution >= 4 is 0 Å². The van der Waals surface area contributed by atoms with Crippen molar-refractivity contribution in [1.82, 2.24) is 0 Å². The highest BCUT2D eigenvalue weighted by atomic mass is 16.7. The van der Waals surface area contributed by atoms with E-state index in [4.69, 9.17) is 4.74 Å². The largest absolute Gasteiger partial charge is 0.633 e. The van der Waals surface area contributed by atoms with E-state index in [0.717, 1.165) is 12.8 Å². The van der Waals surface area contributed by atoms with Gasteiger partial charge in [0.2, 0.25) is 5.79 Å². The van der Waals surface area contributed by atoms with Gasteiger partial charge in [0.05, 0.1) is 19.7 Å². The van der Waals surface area contributed by atoms with E-state index in [1.807, 2.05) is 0 Å². The number of nitrogens with zero attached hydrogens (tertiary/aromatic N) is 1. The third-order valence-corrected chi connectivity index (χ3v) is 4.54. The lowest BCUT2D eigenvalue weighted by Gasteiger charge is -2.48. The van der Waals surface area contributed by atoms with Crippen LogP contribution in [0.2, 0.25) is 0 Å². The lowest BCUT2D eigenvalue weighted by molar-refractivity contribution is -0.881. The van der Waals surface area contributed by atoms with Crippen LogP contribution >= 0.6 is 0 Å². The lowest BCUT2D eigenvalue weighted by Crippen LogP contribution is -2.67. The van der Waals surface area contributed by atoms with Crippen molar-refractivity contribution in [3.05, 3.63) is 5.21 Å². The topological polar surface area (TPSA) is 113 Å². The minimum atomic E-state index is -2.10. The summed E-state index contributed by atoms with van der Waals surface area (Å²) in [5.74, 6) is -1.28. The summed E-state index contributed by atoms with van der Waals surface area (Å²) in [7, 11) is 0.